The first-order valence-electron chi connectivity index (χ1n) is 6.73. The number of benzene rings is 1. The highest BCUT2D eigenvalue weighted by Crippen LogP contribution is 2.26. The predicted octanol–water partition coefficient (Wildman–Crippen LogP) is 3.32. The number of rotatable bonds is 6. The molecule has 0 fully saturated rings. The molecule has 1 heterocycles. The number of pyridine rings is 1. The highest BCUT2D eigenvalue weighted by molar-refractivity contribution is 5.35. The summed E-state index contributed by atoms with van der Waals surface area (Å²) in [6.45, 7) is 2.89. The topological polar surface area (TPSA) is 34.2 Å². The minimum absolute atomic E-state index is 0.199. The number of hydrogen-bond acceptors (Lipinski definition) is 3. The number of halogens is 1. The second kappa shape index (κ2) is 7.01. The maximum atomic E-state index is 14.3. The Morgan fingerprint density at radius 3 is 2.80 bits per heavy atom. The summed E-state index contributed by atoms with van der Waals surface area (Å²) in [6.07, 6.45) is 4.45. The Morgan fingerprint density at radius 1 is 1.35 bits per heavy atom. The molecule has 0 saturated carbocycles. The van der Waals surface area contributed by atoms with Gasteiger partial charge in [-0.05, 0) is 30.7 Å². The van der Waals surface area contributed by atoms with Crippen LogP contribution in [0, 0.1) is 5.82 Å². The van der Waals surface area contributed by atoms with Crippen LogP contribution in [0.15, 0.2) is 42.7 Å². The number of hydrogen-bond donors (Lipinski definition) is 1. The van der Waals surface area contributed by atoms with Crippen molar-refractivity contribution in [1.82, 2.24) is 10.3 Å². The van der Waals surface area contributed by atoms with Crippen molar-refractivity contribution in [1.29, 1.82) is 0 Å². The Morgan fingerprint density at radius 2 is 2.20 bits per heavy atom. The van der Waals surface area contributed by atoms with Gasteiger partial charge in [-0.15, -0.1) is 0 Å². The number of methoxy groups -OCH3 is 1. The quantitative estimate of drug-likeness (QED) is 0.877. The molecule has 1 N–H and O–H groups in total. The van der Waals surface area contributed by atoms with E-state index in [1.54, 1.807) is 24.5 Å². The number of ether oxygens (including phenoxy) is 1. The molecule has 2 aromatic rings. The van der Waals surface area contributed by atoms with Gasteiger partial charge >= 0.3 is 0 Å². The average Bonchev–Trinajstić information content (AvgIpc) is 2.50. The van der Waals surface area contributed by atoms with Gasteiger partial charge < -0.3 is 10.1 Å². The van der Waals surface area contributed by atoms with Crippen LogP contribution in [-0.2, 0) is 0 Å². The molecule has 1 unspecified atom stereocenters. The van der Waals surface area contributed by atoms with Crippen LogP contribution >= 0.6 is 0 Å². The van der Waals surface area contributed by atoms with E-state index >= 15 is 0 Å². The van der Waals surface area contributed by atoms with E-state index in [2.05, 4.69) is 17.2 Å². The van der Waals surface area contributed by atoms with E-state index in [1.807, 2.05) is 12.1 Å². The lowest BCUT2D eigenvalue weighted by atomic mass is 9.99. The molecule has 20 heavy (non-hydrogen) atoms. The van der Waals surface area contributed by atoms with Crippen molar-refractivity contribution in [3.8, 4) is 5.75 Å². The maximum Gasteiger partial charge on any atom is 0.132 e. The molecule has 1 aromatic carbocycles. The van der Waals surface area contributed by atoms with Gasteiger partial charge in [-0.1, -0.05) is 19.1 Å². The van der Waals surface area contributed by atoms with Crippen molar-refractivity contribution >= 4 is 0 Å². The van der Waals surface area contributed by atoms with Gasteiger partial charge in [0, 0.05) is 24.0 Å². The summed E-state index contributed by atoms with van der Waals surface area (Å²) in [5.41, 5.74) is 1.55. The minimum atomic E-state index is -0.276. The molecule has 1 atom stereocenters. The molecule has 2 rings (SSSR count). The highest BCUT2D eigenvalue weighted by Gasteiger charge is 2.17. The molecule has 0 aliphatic rings. The minimum Gasteiger partial charge on any atom is -0.497 e. The molecular weight excluding hydrogens is 255 g/mol. The lowest BCUT2D eigenvalue weighted by Gasteiger charge is -2.20. The standard InChI is InChI=1S/C16H19FN2O/c1-3-8-19-16(12-5-4-9-18-11-12)14-7-6-13(20-2)10-15(14)17/h4-7,9-11,16,19H,3,8H2,1-2H3. The molecule has 0 bridgehead atoms. The van der Waals surface area contributed by atoms with Gasteiger partial charge in [0.1, 0.15) is 11.6 Å². The summed E-state index contributed by atoms with van der Waals surface area (Å²) < 4.78 is 19.3. The van der Waals surface area contributed by atoms with Crippen molar-refractivity contribution in [3.63, 3.8) is 0 Å². The zero-order valence-corrected chi connectivity index (χ0v) is 11.8. The summed E-state index contributed by atoms with van der Waals surface area (Å²) in [4.78, 5) is 4.12. The maximum absolute atomic E-state index is 14.3. The first-order chi connectivity index (χ1) is 9.76. The Kier molecular flexibility index (Phi) is 5.07. The van der Waals surface area contributed by atoms with Gasteiger partial charge in [0.15, 0.2) is 0 Å². The Hall–Kier alpha value is -1.94. The lowest BCUT2D eigenvalue weighted by Crippen LogP contribution is -2.24. The molecule has 106 valence electrons. The third kappa shape index (κ3) is 3.33. The number of nitrogens with one attached hydrogen (secondary N) is 1. The van der Waals surface area contributed by atoms with Gasteiger partial charge in [0.25, 0.3) is 0 Å². The van der Waals surface area contributed by atoms with Gasteiger partial charge in [-0.25, -0.2) is 4.39 Å². The molecule has 4 heteroatoms. The second-order valence-corrected chi connectivity index (χ2v) is 4.56. The van der Waals surface area contributed by atoms with Crippen molar-refractivity contribution in [2.24, 2.45) is 0 Å². The molecule has 0 saturated heterocycles. The monoisotopic (exact) mass is 274 g/mol. The van der Waals surface area contributed by atoms with Crippen LogP contribution in [0.3, 0.4) is 0 Å². The van der Waals surface area contributed by atoms with Crippen molar-refractivity contribution in [2.75, 3.05) is 13.7 Å². The number of nitrogens with zero attached hydrogens (tertiary/aromatic N) is 1. The normalized spacial score (nSPS) is 12.2. The van der Waals surface area contributed by atoms with Crippen molar-refractivity contribution < 1.29 is 9.13 Å². The molecular formula is C16H19FN2O. The first kappa shape index (κ1) is 14.5. The predicted molar refractivity (Wildman–Crippen MR) is 77.3 cm³/mol. The Labute approximate surface area is 118 Å². The number of aromatic nitrogens is 1. The van der Waals surface area contributed by atoms with Crippen LogP contribution in [0.5, 0.6) is 5.75 Å². The third-order valence-electron chi connectivity index (χ3n) is 3.13. The van der Waals surface area contributed by atoms with Crippen LogP contribution in [0.25, 0.3) is 0 Å². The second-order valence-electron chi connectivity index (χ2n) is 4.56. The van der Waals surface area contributed by atoms with Gasteiger partial charge in [-0.2, -0.15) is 0 Å². The summed E-state index contributed by atoms with van der Waals surface area (Å²) in [5, 5.41) is 3.36. The fraction of sp³-hybridized carbons (Fsp3) is 0.312. The largest absolute Gasteiger partial charge is 0.497 e. The van der Waals surface area contributed by atoms with Crippen LogP contribution in [-0.4, -0.2) is 18.6 Å². The van der Waals surface area contributed by atoms with Crippen molar-refractivity contribution in [2.45, 2.75) is 19.4 Å². The molecule has 0 aliphatic carbocycles. The van der Waals surface area contributed by atoms with Gasteiger partial charge in [-0.3, -0.25) is 4.98 Å². The van der Waals surface area contributed by atoms with E-state index < -0.39 is 0 Å². The first-order valence-corrected chi connectivity index (χ1v) is 6.73. The zero-order valence-electron chi connectivity index (χ0n) is 11.8. The smallest absolute Gasteiger partial charge is 0.132 e. The lowest BCUT2D eigenvalue weighted by molar-refractivity contribution is 0.410. The van der Waals surface area contributed by atoms with E-state index in [0.717, 1.165) is 18.5 Å². The molecule has 3 nitrogen and oxygen atoms in total. The van der Waals surface area contributed by atoms with E-state index in [1.165, 1.54) is 13.2 Å². The van der Waals surface area contributed by atoms with Crippen molar-refractivity contribution in [3.05, 3.63) is 59.7 Å². The molecule has 0 spiro atoms. The summed E-state index contributed by atoms with van der Waals surface area (Å²) >= 11 is 0. The van der Waals surface area contributed by atoms with Crippen LogP contribution < -0.4 is 10.1 Å². The highest BCUT2D eigenvalue weighted by atomic mass is 19.1. The van der Waals surface area contributed by atoms with Gasteiger partial charge in [0.05, 0.1) is 13.2 Å². The van der Waals surface area contributed by atoms with Crippen LogP contribution in [0.1, 0.15) is 30.5 Å². The SMILES string of the molecule is CCCNC(c1cccnc1)c1ccc(OC)cc1F. The summed E-state index contributed by atoms with van der Waals surface area (Å²) in [7, 11) is 1.53. The van der Waals surface area contributed by atoms with E-state index in [4.69, 9.17) is 4.74 Å². The van der Waals surface area contributed by atoms with Gasteiger partial charge in [0.2, 0.25) is 0 Å². The fourth-order valence-corrected chi connectivity index (χ4v) is 2.11. The van der Waals surface area contributed by atoms with E-state index in [9.17, 15) is 4.39 Å². The Bertz CT molecular complexity index is 545. The van der Waals surface area contributed by atoms with E-state index in [0.29, 0.717) is 11.3 Å². The van der Waals surface area contributed by atoms with E-state index in [-0.39, 0.29) is 11.9 Å². The molecule has 1 aromatic heterocycles. The summed E-state index contributed by atoms with van der Waals surface area (Å²) in [6, 6.07) is 8.55. The molecule has 0 aliphatic heterocycles. The van der Waals surface area contributed by atoms with Crippen LogP contribution in [0.2, 0.25) is 0 Å². The Balaban J connectivity index is 2.36. The summed E-state index contributed by atoms with van der Waals surface area (Å²) in [5.74, 6) is 0.244. The molecule has 0 amide bonds. The van der Waals surface area contributed by atoms with Crippen LogP contribution in [0.4, 0.5) is 4.39 Å². The molecule has 0 radical (unpaired) electrons. The average molecular weight is 274 g/mol. The fourth-order valence-electron chi connectivity index (χ4n) is 2.11. The third-order valence-corrected chi connectivity index (χ3v) is 3.13. The zero-order chi connectivity index (χ0) is 14.4.